The summed E-state index contributed by atoms with van der Waals surface area (Å²) < 4.78 is 0.911. The molecule has 1 aromatic rings. The number of hydrogen-bond acceptors (Lipinski definition) is 2. The molecule has 0 bridgehead atoms. The van der Waals surface area contributed by atoms with Crippen molar-refractivity contribution in [2.45, 2.75) is 38.1 Å². The van der Waals surface area contributed by atoms with Gasteiger partial charge < -0.3 is 5.32 Å². The Kier molecular flexibility index (Phi) is 4.15. The Bertz CT molecular complexity index is 375. The molecule has 0 unspecified atom stereocenters. The molecule has 0 radical (unpaired) electrons. The van der Waals surface area contributed by atoms with Crippen molar-refractivity contribution >= 4 is 28.5 Å². The molecule has 1 aliphatic rings. The van der Waals surface area contributed by atoms with Crippen molar-refractivity contribution < 1.29 is 4.79 Å². The SMILES string of the molecule is O=C(NC1CCCCC1)c1ccncc1I. The summed E-state index contributed by atoms with van der Waals surface area (Å²) in [6.45, 7) is 0. The molecule has 1 saturated carbocycles. The molecule has 0 spiro atoms. The number of halogens is 1. The second kappa shape index (κ2) is 5.61. The summed E-state index contributed by atoms with van der Waals surface area (Å²) in [7, 11) is 0. The second-order valence-electron chi connectivity index (χ2n) is 4.16. The first kappa shape index (κ1) is 11.8. The lowest BCUT2D eigenvalue weighted by Gasteiger charge is -2.22. The Morgan fingerprint density at radius 3 is 2.81 bits per heavy atom. The number of hydrogen-bond donors (Lipinski definition) is 1. The van der Waals surface area contributed by atoms with Crippen molar-refractivity contribution in [3.8, 4) is 0 Å². The molecule has 0 aliphatic heterocycles. The molecular weight excluding hydrogens is 315 g/mol. The molecule has 0 aromatic carbocycles. The predicted octanol–water partition coefficient (Wildman–Crippen LogP) is 2.75. The van der Waals surface area contributed by atoms with Crippen LogP contribution in [0.15, 0.2) is 18.5 Å². The predicted molar refractivity (Wildman–Crippen MR) is 71.3 cm³/mol. The van der Waals surface area contributed by atoms with E-state index in [9.17, 15) is 4.79 Å². The van der Waals surface area contributed by atoms with Crippen LogP contribution in [-0.4, -0.2) is 16.9 Å². The van der Waals surface area contributed by atoms with E-state index >= 15 is 0 Å². The molecule has 0 atom stereocenters. The van der Waals surface area contributed by atoms with Crippen LogP contribution in [0.1, 0.15) is 42.5 Å². The smallest absolute Gasteiger partial charge is 0.252 e. The summed E-state index contributed by atoms with van der Waals surface area (Å²) in [6.07, 6.45) is 9.39. The third kappa shape index (κ3) is 2.93. The molecule has 0 saturated heterocycles. The minimum absolute atomic E-state index is 0.0405. The van der Waals surface area contributed by atoms with E-state index in [2.05, 4.69) is 32.9 Å². The monoisotopic (exact) mass is 330 g/mol. The highest BCUT2D eigenvalue weighted by Crippen LogP contribution is 2.18. The van der Waals surface area contributed by atoms with Gasteiger partial charge >= 0.3 is 0 Å². The average molecular weight is 330 g/mol. The van der Waals surface area contributed by atoms with Gasteiger partial charge in [-0.15, -0.1) is 0 Å². The Morgan fingerprint density at radius 1 is 1.38 bits per heavy atom. The van der Waals surface area contributed by atoms with E-state index in [0.717, 1.165) is 22.0 Å². The number of nitrogens with one attached hydrogen (secondary N) is 1. The first-order chi connectivity index (χ1) is 7.77. The maximum absolute atomic E-state index is 12.0. The summed E-state index contributed by atoms with van der Waals surface area (Å²) in [5.74, 6) is 0.0405. The van der Waals surface area contributed by atoms with Gasteiger partial charge in [0.15, 0.2) is 0 Å². The molecule has 1 N–H and O–H groups in total. The third-order valence-corrected chi connectivity index (χ3v) is 3.82. The Morgan fingerprint density at radius 2 is 2.12 bits per heavy atom. The summed E-state index contributed by atoms with van der Waals surface area (Å²) in [4.78, 5) is 16.0. The largest absolute Gasteiger partial charge is 0.349 e. The molecule has 3 nitrogen and oxygen atoms in total. The molecule has 1 amide bonds. The van der Waals surface area contributed by atoms with Crippen LogP contribution < -0.4 is 5.32 Å². The van der Waals surface area contributed by atoms with Gasteiger partial charge in [-0.25, -0.2) is 0 Å². The van der Waals surface area contributed by atoms with E-state index in [0.29, 0.717) is 6.04 Å². The Balaban J connectivity index is 2.00. The normalized spacial score (nSPS) is 17.1. The fourth-order valence-corrected chi connectivity index (χ4v) is 2.65. The molecule has 2 rings (SSSR count). The van der Waals surface area contributed by atoms with Gasteiger partial charge in [0.25, 0.3) is 5.91 Å². The summed E-state index contributed by atoms with van der Waals surface area (Å²) in [5, 5.41) is 3.10. The van der Waals surface area contributed by atoms with Crippen LogP contribution in [0.3, 0.4) is 0 Å². The fourth-order valence-electron chi connectivity index (χ4n) is 2.07. The summed E-state index contributed by atoms with van der Waals surface area (Å²) in [6, 6.07) is 2.14. The first-order valence-corrected chi connectivity index (χ1v) is 6.75. The van der Waals surface area contributed by atoms with Crippen LogP contribution in [0.4, 0.5) is 0 Å². The molecule has 86 valence electrons. The van der Waals surface area contributed by atoms with Crippen LogP contribution >= 0.6 is 22.6 Å². The van der Waals surface area contributed by atoms with Gasteiger partial charge in [-0.2, -0.15) is 0 Å². The van der Waals surface area contributed by atoms with Crippen molar-refractivity contribution in [1.82, 2.24) is 10.3 Å². The number of carbonyl (C=O) groups excluding carboxylic acids is 1. The molecular formula is C12H15IN2O. The second-order valence-corrected chi connectivity index (χ2v) is 5.33. The van der Waals surface area contributed by atoms with E-state index in [1.807, 2.05) is 0 Å². The van der Waals surface area contributed by atoms with Gasteiger partial charge in [-0.05, 0) is 41.5 Å². The van der Waals surface area contributed by atoms with Gasteiger partial charge in [-0.3, -0.25) is 9.78 Å². The Hall–Kier alpha value is -0.650. The van der Waals surface area contributed by atoms with Gasteiger partial charge in [0.1, 0.15) is 0 Å². The highest BCUT2D eigenvalue weighted by Gasteiger charge is 2.17. The number of amides is 1. The van der Waals surface area contributed by atoms with Gasteiger partial charge in [0, 0.05) is 22.0 Å². The van der Waals surface area contributed by atoms with Crippen LogP contribution in [0, 0.1) is 3.57 Å². The fraction of sp³-hybridized carbons (Fsp3) is 0.500. The minimum atomic E-state index is 0.0405. The number of carbonyl (C=O) groups is 1. The van der Waals surface area contributed by atoms with E-state index in [-0.39, 0.29) is 5.91 Å². The zero-order valence-corrected chi connectivity index (χ0v) is 11.2. The highest BCUT2D eigenvalue weighted by molar-refractivity contribution is 14.1. The zero-order valence-electron chi connectivity index (χ0n) is 9.08. The topological polar surface area (TPSA) is 42.0 Å². The maximum Gasteiger partial charge on any atom is 0.252 e. The highest BCUT2D eigenvalue weighted by atomic mass is 127. The van der Waals surface area contributed by atoms with Crippen molar-refractivity contribution in [3.05, 3.63) is 27.6 Å². The minimum Gasteiger partial charge on any atom is -0.349 e. The van der Waals surface area contributed by atoms with Crippen molar-refractivity contribution in [2.24, 2.45) is 0 Å². The number of rotatable bonds is 2. The van der Waals surface area contributed by atoms with E-state index < -0.39 is 0 Å². The van der Waals surface area contributed by atoms with Crippen LogP contribution in [0.5, 0.6) is 0 Å². The van der Waals surface area contributed by atoms with E-state index in [4.69, 9.17) is 0 Å². The zero-order chi connectivity index (χ0) is 11.4. The van der Waals surface area contributed by atoms with Crippen molar-refractivity contribution in [1.29, 1.82) is 0 Å². The Labute approximate surface area is 109 Å². The summed E-state index contributed by atoms with van der Waals surface area (Å²) >= 11 is 2.15. The first-order valence-electron chi connectivity index (χ1n) is 5.68. The van der Waals surface area contributed by atoms with Gasteiger partial charge in [0.2, 0.25) is 0 Å². The lowest BCUT2D eigenvalue weighted by molar-refractivity contribution is 0.0926. The lowest BCUT2D eigenvalue weighted by Crippen LogP contribution is -2.36. The average Bonchev–Trinajstić information content (AvgIpc) is 2.31. The van der Waals surface area contributed by atoms with Crippen LogP contribution in [0.2, 0.25) is 0 Å². The van der Waals surface area contributed by atoms with Gasteiger partial charge in [0.05, 0.1) is 5.56 Å². The van der Waals surface area contributed by atoms with E-state index in [1.165, 1.54) is 19.3 Å². The number of aromatic nitrogens is 1. The van der Waals surface area contributed by atoms with Crippen molar-refractivity contribution in [2.75, 3.05) is 0 Å². The third-order valence-electron chi connectivity index (χ3n) is 2.96. The summed E-state index contributed by atoms with van der Waals surface area (Å²) in [5.41, 5.74) is 0.737. The number of nitrogens with zero attached hydrogens (tertiary/aromatic N) is 1. The van der Waals surface area contributed by atoms with E-state index in [1.54, 1.807) is 18.5 Å². The maximum atomic E-state index is 12.0. The quantitative estimate of drug-likeness (QED) is 0.848. The molecule has 16 heavy (non-hydrogen) atoms. The lowest BCUT2D eigenvalue weighted by atomic mass is 9.95. The molecule has 1 aliphatic carbocycles. The molecule has 1 fully saturated rings. The molecule has 1 aromatic heterocycles. The van der Waals surface area contributed by atoms with Crippen LogP contribution in [0.25, 0.3) is 0 Å². The van der Waals surface area contributed by atoms with Gasteiger partial charge in [-0.1, -0.05) is 19.3 Å². The molecule has 4 heteroatoms. The van der Waals surface area contributed by atoms with Crippen molar-refractivity contribution in [3.63, 3.8) is 0 Å². The molecule has 1 heterocycles. The standard InChI is InChI=1S/C12H15IN2O/c13-11-8-14-7-6-10(11)12(16)15-9-4-2-1-3-5-9/h6-9H,1-5H2,(H,15,16). The van der Waals surface area contributed by atoms with Crippen LogP contribution in [-0.2, 0) is 0 Å². The number of pyridine rings is 1.